The molecule has 2 aromatic carbocycles. The smallest absolute Gasteiger partial charge is 0.390 e. The summed E-state index contributed by atoms with van der Waals surface area (Å²) in [6.45, 7) is -0.490. The summed E-state index contributed by atoms with van der Waals surface area (Å²) in [6.07, 6.45) is -5.42. The van der Waals surface area contributed by atoms with Crippen molar-refractivity contribution in [1.29, 1.82) is 0 Å². The first kappa shape index (κ1) is 21.9. The molecule has 3 rings (SSSR count). The minimum atomic E-state index is -4.33. The van der Waals surface area contributed by atoms with E-state index in [1.165, 1.54) is 6.07 Å². The summed E-state index contributed by atoms with van der Waals surface area (Å²) in [5, 5.41) is 3.06. The van der Waals surface area contributed by atoms with E-state index in [1.807, 2.05) is 0 Å². The van der Waals surface area contributed by atoms with Crippen LogP contribution in [-0.4, -0.2) is 23.6 Å². The van der Waals surface area contributed by atoms with Crippen LogP contribution in [0.25, 0.3) is 11.3 Å². The Morgan fingerprint density at radius 1 is 1.03 bits per heavy atom. The van der Waals surface area contributed by atoms with Gasteiger partial charge in [0.1, 0.15) is 5.75 Å². The largest absolute Gasteiger partial charge is 0.437 e. The summed E-state index contributed by atoms with van der Waals surface area (Å²) >= 11 is 12.0. The van der Waals surface area contributed by atoms with Gasteiger partial charge >= 0.3 is 6.18 Å². The number of ether oxygens (including phenoxy) is 1. The molecule has 1 heterocycles. The number of amides is 1. The lowest BCUT2D eigenvalue weighted by molar-refractivity contribution is -0.132. The lowest BCUT2D eigenvalue weighted by Gasteiger charge is -2.10. The first-order valence-corrected chi connectivity index (χ1v) is 9.52. The number of hydrogen-bond donors (Lipinski definition) is 1. The van der Waals surface area contributed by atoms with Gasteiger partial charge in [-0.2, -0.15) is 13.2 Å². The van der Waals surface area contributed by atoms with Crippen molar-refractivity contribution in [3.63, 3.8) is 0 Å². The van der Waals surface area contributed by atoms with Crippen LogP contribution in [0.3, 0.4) is 0 Å². The van der Waals surface area contributed by atoms with Gasteiger partial charge in [-0.1, -0.05) is 41.4 Å². The summed E-state index contributed by atoms with van der Waals surface area (Å²) in [4.78, 5) is 16.5. The van der Waals surface area contributed by atoms with Gasteiger partial charge < -0.3 is 10.1 Å². The number of rotatable bonds is 6. The number of nitrogens with zero attached hydrogens (tertiary/aromatic N) is 1. The average Bonchev–Trinajstić information content (AvgIpc) is 2.69. The van der Waals surface area contributed by atoms with E-state index in [1.54, 1.807) is 54.6 Å². The molecule has 0 saturated carbocycles. The van der Waals surface area contributed by atoms with Crippen LogP contribution in [0.4, 0.5) is 13.2 Å². The maximum absolute atomic E-state index is 12.2. The number of hydrogen-bond acceptors (Lipinski definition) is 3. The molecule has 1 N–H and O–H groups in total. The highest BCUT2D eigenvalue weighted by Gasteiger charge is 2.26. The summed E-state index contributed by atoms with van der Waals surface area (Å²) in [6, 6.07) is 16.3. The molecular formula is C21H15Cl2F3N2O2. The van der Waals surface area contributed by atoms with Gasteiger partial charge in [-0.3, -0.25) is 4.79 Å². The van der Waals surface area contributed by atoms with Gasteiger partial charge in [0.25, 0.3) is 5.91 Å². The fourth-order valence-corrected chi connectivity index (χ4v) is 2.99. The van der Waals surface area contributed by atoms with Gasteiger partial charge in [0, 0.05) is 28.8 Å². The molecule has 156 valence electrons. The average molecular weight is 455 g/mol. The number of nitrogens with one attached hydrogen (secondary N) is 1. The van der Waals surface area contributed by atoms with E-state index >= 15 is 0 Å². The predicted molar refractivity (Wildman–Crippen MR) is 109 cm³/mol. The van der Waals surface area contributed by atoms with Crippen molar-refractivity contribution in [2.75, 3.05) is 6.54 Å². The number of aromatic nitrogens is 1. The molecule has 1 amide bonds. The van der Waals surface area contributed by atoms with Crippen LogP contribution in [-0.2, 0) is 0 Å². The van der Waals surface area contributed by atoms with E-state index in [9.17, 15) is 18.0 Å². The highest BCUT2D eigenvalue weighted by molar-refractivity contribution is 6.35. The first-order valence-electron chi connectivity index (χ1n) is 8.77. The fourth-order valence-electron chi connectivity index (χ4n) is 2.54. The van der Waals surface area contributed by atoms with Crippen LogP contribution in [0.5, 0.6) is 11.6 Å². The van der Waals surface area contributed by atoms with E-state index in [4.69, 9.17) is 27.9 Å². The SMILES string of the molecule is O=C(NCCC(F)(F)F)c1cccc(-c2cccc(Oc3ccc(Cl)cc3Cl)n2)c1. The topological polar surface area (TPSA) is 51.2 Å². The highest BCUT2D eigenvalue weighted by Crippen LogP contribution is 2.31. The number of pyridine rings is 1. The Bertz CT molecular complexity index is 1060. The Balaban J connectivity index is 1.75. The predicted octanol–water partition coefficient (Wildman–Crippen LogP) is 6.53. The molecule has 4 nitrogen and oxygen atoms in total. The second kappa shape index (κ2) is 9.36. The van der Waals surface area contributed by atoms with Crippen LogP contribution < -0.4 is 10.1 Å². The Kier molecular flexibility index (Phi) is 6.84. The van der Waals surface area contributed by atoms with E-state index in [0.717, 1.165) is 0 Å². The number of benzene rings is 2. The number of carbonyl (C=O) groups is 1. The van der Waals surface area contributed by atoms with Crippen LogP contribution >= 0.6 is 23.2 Å². The van der Waals surface area contributed by atoms with Crippen molar-refractivity contribution in [1.82, 2.24) is 10.3 Å². The summed E-state index contributed by atoms with van der Waals surface area (Å²) in [5.74, 6) is 0.0571. The third-order valence-electron chi connectivity index (χ3n) is 3.95. The van der Waals surface area contributed by atoms with Crippen LogP contribution in [0.15, 0.2) is 60.7 Å². The molecule has 3 aromatic rings. The Hall–Kier alpha value is -2.77. The van der Waals surface area contributed by atoms with Gasteiger partial charge in [0.15, 0.2) is 0 Å². The molecule has 9 heteroatoms. The molecule has 0 radical (unpaired) electrons. The van der Waals surface area contributed by atoms with Gasteiger partial charge in [-0.05, 0) is 36.4 Å². The first-order chi connectivity index (χ1) is 14.2. The molecule has 0 fully saturated rings. The van der Waals surface area contributed by atoms with Crippen LogP contribution in [0.1, 0.15) is 16.8 Å². The van der Waals surface area contributed by atoms with Crippen molar-refractivity contribution in [3.8, 4) is 22.9 Å². The normalized spacial score (nSPS) is 11.2. The Morgan fingerprint density at radius 2 is 1.80 bits per heavy atom. The minimum Gasteiger partial charge on any atom is -0.437 e. The Labute approximate surface area is 180 Å². The summed E-state index contributed by atoms with van der Waals surface area (Å²) in [5.41, 5.74) is 1.34. The molecule has 0 aliphatic heterocycles. The zero-order valence-electron chi connectivity index (χ0n) is 15.3. The lowest BCUT2D eigenvalue weighted by Crippen LogP contribution is -2.27. The van der Waals surface area contributed by atoms with Gasteiger partial charge in [0.05, 0.1) is 17.1 Å². The quantitative estimate of drug-likeness (QED) is 0.460. The van der Waals surface area contributed by atoms with Crippen molar-refractivity contribution in [2.45, 2.75) is 12.6 Å². The number of halogens is 5. The highest BCUT2D eigenvalue weighted by atomic mass is 35.5. The van der Waals surface area contributed by atoms with Crippen LogP contribution in [0.2, 0.25) is 10.0 Å². The van der Waals surface area contributed by atoms with Gasteiger partial charge in [-0.25, -0.2) is 4.98 Å². The van der Waals surface area contributed by atoms with Crippen molar-refractivity contribution < 1.29 is 22.7 Å². The third kappa shape index (κ3) is 6.11. The van der Waals surface area contributed by atoms with Crippen molar-refractivity contribution in [2.24, 2.45) is 0 Å². The molecule has 0 aliphatic carbocycles. The zero-order chi connectivity index (χ0) is 21.7. The Morgan fingerprint density at radius 3 is 2.53 bits per heavy atom. The maximum atomic E-state index is 12.2. The van der Waals surface area contributed by atoms with Crippen molar-refractivity contribution >= 4 is 29.1 Å². The molecule has 30 heavy (non-hydrogen) atoms. The number of alkyl halides is 3. The molecule has 0 saturated heterocycles. The summed E-state index contributed by atoms with van der Waals surface area (Å²) < 4.78 is 42.4. The standard InChI is InChI=1S/C21H15Cl2F3N2O2/c22-15-7-8-18(16(23)12-15)30-19-6-2-5-17(28-19)13-3-1-4-14(11-13)20(29)27-10-9-21(24,25)26/h1-8,11-12H,9-10H2,(H,27,29). The van der Waals surface area contributed by atoms with Gasteiger partial charge in [0.2, 0.25) is 5.88 Å². The minimum absolute atomic E-state index is 0.226. The van der Waals surface area contributed by atoms with Crippen LogP contribution in [0, 0.1) is 0 Å². The molecule has 0 atom stereocenters. The van der Waals surface area contributed by atoms with E-state index in [2.05, 4.69) is 10.3 Å². The maximum Gasteiger partial charge on any atom is 0.390 e. The lowest BCUT2D eigenvalue weighted by atomic mass is 10.1. The molecule has 0 unspecified atom stereocenters. The zero-order valence-corrected chi connectivity index (χ0v) is 16.9. The van der Waals surface area contributed by atoms with E-state index < -0.39 is 25.0 Å². The second-order valence-corrected chi connectivity index (χ2v) is 7.08. The number of carbonyl (C=O) groups excluding carboxylic acids is 1. The van der Waals surface area contributed by atoms with E-state index in [-0.39, 0.29) is 11.4 Å². The molecular weight excluding hydrogens is 440 g/mol. The second-order valence-electron chi connectivity index (χ2n) is 6.24. The molecule has 0 bridgehead atoms. The molecule has 0 aliphatic rings. The summed E-state index contributed by atoms with van der Waals surface area (Å²) in [7, 11) is 0. The molecule has 1 aromatic heterocycles. The van der Waals surface area contributed by atoms with Gasteiger partial charge in [-0.15, -0.1) is 0 Å². The molecule has 0 spiro atoms. The monoisotopic (exact) mass is 454 g/mol. The fraction of sp³-hybridized carbons (Fsp3) is 0.143. The van der Waals surface area contributed by atoms with E-state index in [0.29, 0.717) is 27.1 Å². The third-order valence-corrected chi connectivity index (χ3v) is 4.48. The van der Waals surface area contributed by atoms with Crippen molar-refractivity contribution in [3.05, 3.63) is 76.3 Å².